The van der Waals surface area contributed by atoms with Crippen LogP contribution in [0.1, 0.15) is 43.1 Å². The van der Waals surface area contributed by atoms with Gasteiger partial charge in [-0.05, 0) is 31.9 Å². The maximum atomic E-state index is 12.6. The van der Waals surface area contributed by atoms with Crippen LogP contribution in [0.25, 0.3) is 0 Å². The first-order valence-electron chi connectivity index (χ1n) is 6.57. The summed E-state index contributed by atoms with van der Waals surface area (Å²) in [5.74, 6) is 5.64. The zero-order valence-corrected chi connectivity index (χ0v) is 11.8. The number of carbonyl (C=O) groups is 1. The highest BCUT2D eigenvalue weighted by Crippen LogP contribution is 2.22. The van der Waals surface area contributed by atoms with E-state index in [0.29, 0.717) is 10.8 Å². The average Bonchev–Trinajstić information content (AvgIpc) is 2.63. The number of halogens is 1. The van der Waals surface area contributed by atoms with Crippen molar-refractivity contribution in [2.45, 2.75) is 38.6 Å². The Balaban J connectivity index is 2.26. The molecule has 19 heavy (non-hydrogen) atoms. The van der Waals surface area contributed by atoms with Crippen molar-refractivity contribution in [2.75, 3.05) is 12.0 Å². The molecule has 0 bridgehead atoms. The fraction of sp³-hybridized carbons (Fsp3) is 0.538. The fourth-order valence-corrected chi connectivity index (χ4v) is 2.57. The third kappa shape index (κ3) is 3.16. The van der Waals surface area contributed by atoms with Gasteiger partial charge in [0.2, 0.25) is 0 Å². The molecule has 1 saturated heterocycles. The number of likely N-dealkylation sites (tertiary alicyclic amines) is 1. The third-order valence-electron chi connectivity index (χ3n) is 3.51. The first-order valence-corrected chi connectivity index (χ1v) is 6.95. The number of nitrogens with two attached hydrogens (primary N) is 1. The lowest BCUT2D eigenvalue weighted by atomic mass is 10.1. The molecule has 2 heterocycles. The quantitative estimate of drug-likeness (QED) is 0.645. The van der Waals surface area contributed by atoms with Crippen molar-refractivity contribution < 1.29 is 4.79 Å². The molecular weight excluding hydrogens is 264 g/mol. The van der Waals surface area contributed by atoms with Crippen molar-refractivity contribution >= 4 is 23.3 Å². The number of anilines is 1. The van der Waals surface area contributed by atoms with Gasteiger partial charge in [-0.15, -0.1) is 0 Å². The number of pyridine rings is 1. The van der Waals surface area contributed by atoms with E-state index in [1.807, 2.05) is 4.90 Å². The van der Waals surface area contributed by atoms with Crippen LogP contribution in [-0.4, -0.2) is 28.4 Å². The van der Waals surface area contributed by atoms with Crippen molar-refractivity contribution in [3.8, 4) is 0 Å². The Bertz CT molecular complexity index is 466. The number of aromatic nitrogens is 1. The summed E-state index contributed by atoms with van der Waals surface area (Å²) in [4.78, 5) is 18.6. The molecule has 1 amide bonds. The Morgan fingerprint density at radius 1 is 1.47 bits per heavy atom. The summed E-state index contributed by atoms with van der Waals surface area (Å²) in [6, 6.07) is 3.51. The molecule has 1 aromatic rings. The van der Waals surface area contributed by atoms with Crippen LogP contribution in [0, 0.1) is 0 Å². The van der Waals surface area contributed by atoms with Crippen LogP contribution in [0.5, 0.6) is 0 Å². The predicted molar refractivity (Wildman–Crippen MR) is 76.0 cm³/mol. The number of amides is 1. The first kappa shape index (κ1) is 14.1. The highest BCUT2D eigenvalue weighted by molar-refractivity contribution is 6.33. The van der Waals surface area contributed by atoms with Gasteiger partial charge in [-0.2, -0.15) is 0 Å². The van der Waals surface area contributed by atoms with Crippen LogP contribution in [0.3, 0.4) is 0 Å². The zero-order chi connectivity index (χ0) is 13.8. The molecule has 1 fully saturated rings. The number of nitrogen functional groups attached to an aromatic ring is 1. The van der Waals surface area contributed by atoms with Gasteiger partial charge in [-0.1, -0.05) is 24.4 Å². The van der Waals surface area contributed by atoms with E-state index in [4.69, 9.17) is 17.4 Å². The van der Waals surface area contributed by atoms with Gasteiger partial charge >= 0.3 is 0 Å². The Hall–Kier alpha value is -1.33. The lowest BCUT2D eigenvalue weighted by Gasteiger charge is -2.27. The highest BCUT2D eigenvalue weighted by atomic mass is 35.5. The molecule has 5 nitrogen and oxygen atoms in total. The van der Waals surface area contributed by atoms with Crippen LogP contribution >= 0.6 is 11.6 Å². The summed E-state index contributed by atoms with van der Waals surface area (Å²) in [6.07, 6.45) is 4.39. The minimum atomic E-state index is -0.114. The minimum absolute atomic E-state index is 0.114. The van der Waals surface area contributed by atoms with Crippen LogP contribution in [0.2, 0.25) is 5.02 Å². The van der Waals surface area contributed by atoms with Gasteiger partial charge in [0.05, 0.1) is 5.02 Å². The molecule has 0 aliphatic carbocycles. The summed E-state index contributed by atoms with van der Waals surface area (Å²) in [6.45, 7) is 2.83. The van der Waals surface area contributed by atoms with Crippen LogP contribution in [-0.2, 0) is 0 Å². The number of hydrazine groups is 1. The zero-order valence-electron chi connectivity index (χ0n) is 11.0. The highest BCUT2D eigenvalue weighted by Gasteiger charge is 2.25. The summed E-state index contributed by atoms with van der Waals surface area (Å²) < 4.78 is 0. The van der Waals surface area contributed by atoms with Gasteiger partial charge in [0.1, 0.15) is 11.5 Å². The van der Waals surface area contributed by atoms with E-state index in [0.717, 1.165) is 25.8 Å². The molecule has 0 aromatic carbocycles. The molecule has 1 aromatic heterocycles. The van der Waals surface area contributed by atoms with Crippen molar-refractivity contribution in [3.05, 3.63) is 22.8 Å². The third-order valence-corrected chi connectivity index (χ3v) is 3.82. The second-order valence-electron chi connectivity index (χ2n) is 4.87. The summed E-state index contributed by atoms with van der Waals surface area (Å²) in [5.41, 5.74) is 2.70. The fourth-order valence-electron chi connectivity index (χ4n) is 2.39. The molecule has 0 spiro atoms. The lowest BCUT2D eigenvalue weighted by molar-refractivity contribution is 0.0692. The normalized spacial score (nSPS) is 19.9. The topological polar surface area (TPSA) is 71.2 Å². The first-order chi connectivity index (χ1) is 9.13. The van der Waals surface area contributed by atoms with Crippen LogP contribution < -0.4 is 11.3 Å². The van der Waals surface area contributed by atoms with E-state index in [9.17, 15) is 4.79 Å². The molecule has 6 heteroatoms. The molecule has 3 N–H and O–H groups in total. The second-order valence-corrected chi connectivity index (χ2v) is 5.28. The average molecular weight is 283 g/mol. The summed E-state index contributed by atoms with van der Waals surface area (Å²) in [5, 5.41) is 0.362. The van der Waals surface area contributed by atoms with Gasteiger partial charge in [-0.25, -0.2) is 10.8 Å². The van der Waals surface area contributed by atoms with Gasteiger partial charge in [-0.3, -0.25) is 4.79 Å². The standard InChI is InChI=1S/C13H19ClN4O/c1-9-5-3-2-4-8-18(9)13(19)12-10(14)6-7-11(16-12)17-15/h6-7,9H,2-5,8,15H2,1H3,(H,16,17). The van der Waals surface area contributed by atoms with E-state index in [2.05, 4.69) is 17.3 Å². The van der Waals surface area contributed by atoms with Gasteiger partial charge in [0.15, 0.2) is 0 Å². The van der Waals surface area contributed by atoms with E-state index in [1.165, 1.54) is 6.42 Å². The lowest BCUT2D eigenvalue weighted by Crippen LogP contribution is -2.38. The second kappa shape index (κ2) is 6.21. The molecule has 1 aliphatic heterocycles. The Labute approximate surface area is 118 Å². The Morgan fingerprint density at radius 2 is 2.26 bits per heavy atom. The van der Waals surface area contributed by atoms with E-state index in [-0.39, 0.29) is 17.6 Å². The van der Waals surface area contributed by atoms with Crippen molar-refractivity contribution in [3.63, 3.8) is 0 Å². The summed E-state index contributed by atoms with van der Waals surface area (Å²) in [7, 11) is 0. The van der Waals surface area contributed by atoms with Crippen molar-refractivity contribution in [1.82, 2.24) is 9.88 Å². The van der Waals surface area contributed by atoms with E-state index >= 15 is 0 Å². The monoisotopic (exact) mass is 282 g/mol. The molecule has 2 rings (SSSR count). The molecule has 1 aliphatic rings. The minimum Gasteiger partial charge on any atom is -0.335 e. The largest absolute Gasteiger partial charge is 0.335 e. The molecule has 0 saturated carbocycles. The molecule has 104 valence electrons. The number of carbonyl (C=O) groups excluding carboxylic acids is 1. The number of rotatable bonds is 2. The summed E-state index contributed by atoms with van der Waals surface area (Å²) >= 11 is 6.08. The van der Waals surface area contributed by atoms with Gasteiger partial charge < -0.3 is 10.3 Å². The number of hydrogen-bond donors (Lipinski definition) is 2. The number of hydrogen-bond acceptors (Lipinski definition) is 4. The Morgan fingerprint density at radius 3 is 3.00 bits per heavy atom. The van der Waals surface area contributed by atoms with E-state index < -0.39 is 0 Å². The molecule has 1 unspecified atom stereocenters. The molecule has 1 atom stereocenters. The SMILES string of the molecule is CC1CCCCCN1C(=O)c1nc(NN)ccc1Cl. The van der Waals surface area contributed by atoms with Crippen molar-refractivity contribution in [2.24, 2.45) is 5.84 Å². The van der Waals surface area contributed by atoms with E-state index in [1.54, 1.807) is 12.1 Å². The van der Waals surface area contributed by atoms with Crippen molar-refractivity contribution in [1.29, 1.82) is 0 Å². The predicted octanol–water partition coefficient (Wildman–Crippen LogP) is 2.43. The molecular formula is C13H19ClN4O. The number of nitrogens with one attached hydrogen (secondary N) is 1. The van der Waals surface area contributed by atoms with Crippen LogP contribution in [0.4, 0.5) is 5.82 Å². The van der Waals surface area contributed by atoms with Gasteiger partial charge in [0.25, 0.3) is 5.91 Å². The van der Waals surface area contributed by atoms with Crippen LogP contribution in [0.15, 0.2) is 12.1 Å². The van der Waals surface area contributed by atoms with Gasteiger partial charge in [0, 0.05) is 12.6 Å². The smallest absolute Gasteiger partial charge is 0.274 e. The molecule has 0 radical (unpaired) electrons. The Kier molecular flexibility index (Phi) is 4.61. The number of nitrogens with zero attached hydrogens (tertiary/aromatic N) is 2. The maximum absolute atomic E-state index is 12.6. The maximum Gasteiger partial charge on any atom is 0.274 e.